The maximum atomic E-state index is 12.1. The highest BCUT2D eigenvalue weighted by Gasteiger charge is 2.39. The van der Waals surface area contributed by atoms with Gasteiger partial charge in [-0.2, -0.15) is 0 Å². The molecular weight excluding hydrogens is 382 g/mol. The molecule has 2 saturated heterocycles. The average Bonchev–Trinajstić information content (AvgIpc) is 2.86. The van der Waals surface area contributed by atoms with E-state index in [0.29, 0.717) is 19.1 Å². The first-order valence-electron chi connectivity index (χ1n) is 10.8. The highest BCUT2D eigenvalue weighted by molar-refractivity contribution is 5.73. The smallest absolute Gasteiger partial charge is 0.219 e. The number of β-amino-alcohol motifs (C(OH)–C–C–N with tert-alkyl or cyclic N) is 1. The van der Waals surface area contributed by atoms with Gasteiger partial charge >= 0.3 is 0 Å². The van der Waals surface area contributed by atoms with E-state index in [2.05, 4.69) is 11.0 Å². The fourth-order valence-corrected chi connectivity index (χ4v) is 4.64. The van der Waals surface area contributed by atoms with E-state index >= 15 is 0 Å². The second kappa shape index (κ2) is 9.35. The Balaban J connectivity index is 1.71. The minimum Gasteiger partial charge on any atom is -0.490 e. The molecule has 166 valence electrons. The molecule has 1 aromatic carbocycles. The molecule has 7 nitrogen and oxygen atoms in total. The Labute approximate surface area is 179 Å². The molecule has 2 aliphatic heterocycles. The molecule has 2 aliphatic rings. The van der Waals surface area contributed by atoms with Crippen LogP contribution in [0.5, 0.6) is 5.75 Å². The Hall–Kier alpha value is -2.12. The van der Waals surface area contributed by atoms with Crippen LogP contribution in [0, 0.1) is 13.8 Å². The van der Waals surface area contributed by atoms with Crippen LogP contribution in [0.2, 0.25) is 0 Å². The summed E-state index contributed by atoms with van der Waals surface area (Å²) >= 11 is 0. The molecule has 30 heavy (non-hydrogen) atoms. The first-order chi connectivity index (χ1) is 14.1. The van der Waals surface area contributed by atoms with E-state index in [1.54, 1.807) is 18.7 Å². The predicted octanol–water partition coefficient (Wildman–Crippen LogP) is 1.59. The van der Waals surface area contributed by atoms with Gasteiger partial charge in [0.25, 0.3) is 0 Å². The normalized spacial score (nSPS) is 23.9. The van der Waals surface area contributed by atoms with Crippen molar-refractivity contribution in [3.8, 4) is 5.75 Å². The third-order valence-electron chi connectivity index (χ3n) is 6.21. The summed E-state index contributed by atoms with van der Waals surface area (Å²) < 4.78 is 6.01. The lowest BCUT2D eigenvalue weighted by atomic mass is 9.99. The topological polar surface area (TPSA) is 73.3 Å². The highest BCUT2D eigenvalue weighted by Crippen LogP contribution is 2.24. The van der Waals surface area contributed by atoms with Gasteiger partial charge < -0.3 is 19.6 Å². The van der Waals surface area contributed by atoms with Gasteiger partial charge in [-0.15, -0.1) is 0 Å². The van der Waals surface area contributed by atoms with E-state index in [0.717, 1.165) is 49.4 Å². The van der Waals surface area contributed by atoms with Crippen molar-refractivity contribution in [3.63, 3.8) is 0 Å². The van der Waals surface area contributed by atoms with E-state index in [1.807, 2.05) is 30.9 Å². The summed E-state index contributed by atoms with van der Waals surface area (Å²) in [5, 5.41) is 11.5. The molecule has 0 bridgehead atoms. The van der Waals surface area contributed by atoms with Crippen LogP contribution in [0.1, 0.15) is 37.8 Å². The molecule has 7 heteroatoms. The van der Waals surface area contributed by atoms with E-state index in [4.69, 9.17) is 4.74 Å². The number of aryl methyl sites for hydroxylation is 2. The molecule has 0 aromatic heterocycles. The molecule has 1 aromatic rings. The molecule has 1 N–H and O–H groups in total. The van der Waals surface area contributed by atoms with E-state index < -0.39 is 5.60 Å². The minimum atomic E-state index is -1.16. The molecule has 0 unspecified atom stereocenters. The predicted molar refractivity (Wildman–Crippen MR) is 115 cm³/mol. The van der Waals surface area contributed by atoms with Gasteiger partial charge in [0.15, 0.2) is 0 Å². The number of hydrogen-bond acceptors (Lipinski definition) is 5. The molecule has 1 atom stereocenters. The SMILES string of the molecule is CC(=O)N1CCC(N2CCN(C(C)=O)C[C@@](O)(COc3cc(C)cc(C)c3)C2)CC1. The fraction of sp³-hybridized carbons (Fsp3) is 0.652. The quantitative estimate of drug-likeness (QED) is 0.805. The number of rotatable bonds is 4. The van der Waals surface area contributed by atoms with Crippen LogP contribution in [0.15, 0.2) is 18.2 Å². The summed E-state index contributed by atoms with van der Waals surface area (Å²) in [5.41, 5.74) is 1.07. The largest absolute Gasteiger partial charge is 0.490 e. The van der Waals surface area contributed by atoms with Gasteiger partial charge in [0, 0.05) is 52.6 Å². The van der Waals surface area contributed by atoms with Gasteiger partial charge in [-0.1, -0.05) is 6.07 Å². The number of benzene rings is 1. The number of amides is 2. The summed E-state index contributed by atoms with van der Waals surface area (Å²) in [7, 11) is 0. The monoisotopic (exact) mass is 417 g/mol. The van der Waals surface area contributed by atoms with Gasteiger partial charge in [-0.25, -0.2) is 0 Å². The van der Waals surface area contributed by atoms with Crippen molar-refractivity contribution in [1.29, 1.82) is 0 Å². The minimum absolute atomic E-state index is 0.0342. The lowest BCUT2D eigenvalue weighted by molar-refractivity contribution is -0.132. The van der Waals surface area contributed by atoms with E-state index in [1.165, 1.54) is 0 Å². The molecule has 0 aliphatic carbocycles. The summed E-state index contributed by atoms with van der Waals surface area (Å²) in [6.07, 6.45) is 1.77. The molecule has 0 spiro atoms. The molecule has 0 radical (unpaired) electrons. The zero-order valence-corrected chi connectivity index (χ0v) is 18.7. The zero-order chi connectivity index (χ0) is 21.9. The Morgan fingerprint density at radius 2 is 1.57 bits per heavy atom. The molecule has 3 rings (SSSR count). The van der Waals surface area contributed by atoms with Crippen LogP contribution in [0.25, 0.3) is 0 Å². The first-order valence-corrected chi connectivity index (χ1v) is 10.8. The highest BCUT2D eigenvalue weighted by atomic mass is 16.5. The second-order valence-electron chi connectivity index (χ2n) is 8.98. The Bertz CT molecular complexity index is 755. The van der Waals surface area contributed by atoms with Crippen molar-refractivity contribution in [2.75, 3.05) is 45.9 Å². The maximum Gasteiger partial charge on any atom is 0.219 e. The number of piperidine rings is 1. The number of nitrogens with zero attached hydrogens (tertiary/aromatic N) is 3. The number of hydrogen-bond donors (Lipinski definition) is 1. The van der Waals surface area contributed by atoms with Gasteiger partial charge in [-0.3, -0.25) is 14.5 Å². The van der Waals surface area contributed by atoms with Crippen molar-refractivity contribution in [3.05, 3.63) is 29.3 Å². The number of likely N-dealkylation sites (tertiary alicyclic amines) is 1. The molecule has 2 fully saturated rings. The molecule has 0 saturated carbocycles. The van der Waals surface area contributed by atoms with Gasteiger partial charge in [0.1, 0.15) is 18.0 Å². The number of carbonyl (C=O) groups is 2. The Kier molecular flexibility index (Phi) is 7.03. The fourth-order valence-electron chi connectivity index (χ4n) is 4.64. The third kappa shape index (κ3) is 5.73. The average molecular weight is 418 g/mol. The van der Waals surface area contributed by atoms with Crippen molar-refractivity contribution in [2.45, 2.75) is 52.2 Å². The summed E-state index contributed by atoms with van der Waals surface area (Å²) in [6.45, 7) is 10.8. The Morgan fingerprint density at radius 1 is 0.967 bits per heavy atom. The van der Waals surface area contributed by atoms with Gasteiger partial charge in [0.2, 0.25) is 11.8 Å². The van der Waals surface area contributed by atoms with Crippen LogP contribution < -0.4 is 4.74 Å². The second-order valence-corrected chi connectivity index (χ2v) is 8.98. The van der Waals surface area contributed by atoms with Crippen LogP contribution in [0.4, 0.5) is 0 Å². The molecular formula is C23H35N3O4. The van der Waals surface area contributed by atoms with Gasteiger partial charge in [-0.05, 0) is 49.9 Å². The summed E-state index contributed by atoms with van der Waals surface area (Å²) in [4.78, 5) is 29.6. The van der Waals surface area contributed by atoms with Crippen LogP contribution in [-0.2, 0) is 9.59 Å². The Morgan fingerprint density at radius 3 is 2.13 bits per heavy atom. The number of aliphatic hydroxyl groups is 1. The first kappa shape index (κ1) is 22.6. The number of ether oxygens (including phenoxy) is 1. The maximum absolute atomic E-state index is 12.1. The van der Waals surface area contributed by atoms with E-state index in [-0.39, 0.29) is 25.0 Å². The van der Waals surface area contributed by atoms with Gasteiger partial charge in [0.05, 0.1) is 6.54 Å². The summed E-state index contributed by atoms with van der Waals surface area (Å²) in [6, 6.07) is 6.30. The molecule has 2 heterocycles. The van der Waals surface area contributed by atoms with Crippen LogP contribution in [-0.4, -0.2) is 89.1 Å². The number of carbonyl (C=O) groups excluding carboxylic acids is 2. The molecule has 2 amide bonds. The zero-order valence-electron chi connectivity index (χ0n) is 18.7. The lowest BCUT2D eigenvalue weighted by Crippen LogP contribution is -2.54. The van der Waals surface area contributed by atoms with Crippen molar-refractivity contribution in [1.82, 2.24) is 14.7 Å². The third-order valence-corrected chi connectivity index (χ3v) is 6.21. The van der Waals surface area contributed by atoms with Crippen molar-refractivity contribution in [2.24, 2.45) is 0 Å². The van der Waals surface area contributed by atoms with Crippen molar-refractivity contribution >= 4 is 11.8 Å². The van der Waals surface area contributed by atoms with E-state index in [9.17, 15) is 14.7 Å². The summed E-state index contributed by atoms with van der Waals surface area (Å²) in [5.74, 6) is 0.819. The standard InChI is InChI=1S/C23H35N3O4/c1-17-11-18(2)13-22(12-17)30-16-23(29)14-25(20(4)28)9-10-26(15-23)21-5-7-24(8-6-21)19(3)27/h11-13,21,29H,5-10,14-16H2,1-4H3/t23-/m0/s1. The lowest BCUT2D eigenvalue weighted by Gasteiger charge is -2.40. The van der Waals surface area contributed by atoms with Crippen LogP contribution in [0.3, 0.4) is 0 Å². The van der Waals surface area contributed by atoms with Crippen LogP contribution >= 0.6 is 0 Å². The van der Waals surface area contributed by atoms with Crippen molar-refractivity contribution < 1.29 is 19.4 Å².